The molecule has 0 radical (unpaired) electrons. The molecular formula is C11H22N2Si. The number of aromatic nitrogens is 2. The molecule has 0 fully saturated rings. The highest BCUT2D eigenvalue weighted by atomic mass is 28.2. The summed E-state index contributed by atoms with van der Waals surface area (Å²) in [5, 5.41) is 0. The standard InChI is InChI=1S/C11H22N2Si/c1-10(2,3)12-8-9-13(14(12)7)11(4,5)6/h8-9H,7H2,1-6H3. The molecule has 0 amide bonds. The molecule has 1 rings (SSSR count). The minimum atomic E-state index is -0.843. The Kier molecular flexibility index (Phi) is 2.65. The van der Waals surface area contributed by atoms with Gasteiger partial charge in [-0.05, 0) is 41.5 Å². The Hall–Kier alpha value is -0.573. The van der Waals surface area contributed by atoms with Crippen LogP contribution in [0.15, 0.2) is 12.4 Å². The SMILES string of the molecule is C=[si]1n(C(C)(C)C)ccn1C(C)(C)C. The van der Waals surface area contributed by atoms with Crippen molar-refractivity contribution in [2.24, 2.45) is 0 Å². The van der Waals surface area contributed by atoms with E-state index in [4.69, 9.17) is 0 Å². The average Bonchev–Trinajstić information content (AvgIpc) is 2.26. The smallest absolute Gasteiger partial charge is 0.249 e. The molecule has 0 aromatic carbocycles. The van der Waals surface area contributed by atoms with Gasteiger partial charge >= 0.3 is 0 Å². The van der Waals surface area contributed by atoms with Crippen molar-refractivity contribution in [2.75, 3.05) is 0 Å². The van der Waals surface area contributed by atoms with Crippen molar-refractivity contribution < 1.29 is 0 Å². The van der Waals surface area contributed by atoms with Crippen LogP contribution in [-0.2, 0) is 11.1 Å². The first-order valence-corrected chi connectivity index (χ1v) is 6.70. The lowest BCUT2D eigenvalue weighted by Crippen LogP contribution is -2.31. The van der Waals surface area contributed by atoms with Crippen molar-refractivity contribution in [3.8, 4) is 0 Å². The minimum Gasteiger partial charge on any atom is -0.362 e. The molecule has 80 valence electrons. The third-order valence-corrected chi connectivity index (χ3v) is 5.12. The summed E-state index contributed by atoms with van der Waals surface area (Å²) in [4.78, 5) is 0. The Bertz CT molecular complexity index is 337. The topological polar surface area (TPSA) is 9.86 Å². The van der Waals surface area contributed by atoms with Crippen molar-refractivity contribution in [3.63, 3.8) is 0 Å². The van der Waals surface area contributed by atoms with Gasteiger partial charge in [-0.25, -0.2) is 0 Å². The van der Waals surface area contributed by atoms with Crippen LogP contribution in [-0.4, -0.2) is 16.8 Å². The Morgan fingerprint density at radius 3 is 1.29 bits per heavy atom. The first-order valence-electron chi connectivity index (χ1n) is 5.10. The summed E-state index contributed by atoms with van der Waals surface area (Å²) in [6.07, 6.45) is 8.70. The summed E-state index contributed by atoms with van der Waals surface area (Å²) in [6.45, 7) is 13.4. The van der Waals surface area contributed by atoms with Crippen LogP contribution in [0, 0.1) is 6.17 Å². The Labute approximate surface area is 88.5 Å². The van der Waals surface area contributed by atoms with Crippen LogP contribution >= 0.6 is 0 Å². The molecular weight excluding hydrogens is 188 g/mol. The van der Waals surface area contributed by atoms with Gasteiger partial charge in [-0.1, -0.05) is 6.17 Å². The lowest BCUT2D eigenvalue weighted by atomic mass is 10.1. The largest absolute Gasteiger partial charge is 0.362 e. The van der Waals surface area contributed by atoms with Gasteiger partial charge in [-0.15, -0.1) is 0 Å². The highest BCUT2D eigenvalue weighted by molar-refractivity contribution is 6.31. The summed E-state index contributed by atoms with van der Waals surface area (Å²) >= 11 is 0. The monoisotopic (exact) mass is 210 g/mol. The first kappa shape index (κ1) is 11.5. The molecule has 0 saturated carbocycles. The van der Waals surface area contributed by atoms with Crippen LogP contribution in [0.2, 0.25) is 0 Å². The molecule has 0 unspecified atom stereocenters. The number of hydrogen-bond donors (Lipinski definition) is 0. The molecule has 0 bridgehead atoms. The van der Waals surface area contributed by atoms with Crippen molar-refractivity contribution >= 4 is 8.35 Å². The Balaban J connectivity index is 3.31. The molecule has 0 aliphatic heterocycles. The van der Waals surface area contributed by atoms with Gasteiger partial charge in [0.2, 0.25) is 8.35 Å². The molecule has 3 heteroatoms. The normalized spacial score (nSPS) is 13.3. The second kappa shape index (κ2) is 3.23. The number of hydrogen-bond acceptors (Lipinski definition) is 0. The predicted molar refractivity (Wildman–Crippen MR) is 63.5 cm³/mol. The third kappa shape index (κ3) is 2.08. The quantitative estimate of drug-likeness (QED) is 0.583. The fraction of sp³-hybridized carbons (Fsp3) is 0.727. The first-order chi connectivity index (χ1) is 6.14. The van der Waals surface area contributed by atoms with Crippen LogP contribution in [0.5, 0.6) is 0 Å². The molecule has 1 aromatic rings. The van der Waals surface area contributed by atoms with Gasteiger partial charge < -0.3 is 8.44 Å². The highest BCUT2D eigenvalue weighted by Gasteiger charge is 2.18. The summed E-state index contributed by atoms with van der Waals surface area (Å²) in [6, 6.07) is 0. The van der Waals surface area contributed by atoms with Crippen LogP contribution in [0.25, 0.3) is 0 Å². The molecule has 0 aliphatic carbocycles. The van der Waals surface area contributed by atoms with E-state index in [-0.39, 0.29) is 11.1 Å². The summed E-state index contributed by atoms with van der Waals surface area (Å²) in [5.74, 6) is 0. The van der Waals surface area contributed by atoms with Crippen molar-refractivity contribution in [2.45, 2.75) is 52.6 Å². The molecule has 0 aliphatic rings. The van der Waals surface area contributed by atoms with E-state index in [1.54, 1.807) is 0 Å². The molecule has 0 saturated heterocycles. The lowest BCUT2D eigenvalue weighted by molar-refractivity contribution is 0.410. The molecule has 1 aromatic heterocycles. The number of rotatable bonds is 0. The second-order valence-corrected chi connectivity index (χ2v) is 7.59. The average molecular weight is 210 g/mol. The van der Waals surface area contributed by atoms with E-state index < -0.39 is 8.35 Å². The highest BCUT2D eigenvalue weighted by Crippen LogP contribution is 2.16. The van der Waals surface area contributed by atoms with Gasteiger partial charge in [0.05, 0.1) is 0 Å². The Morgan fingerprint density at radius 1 is 0.857 bits per heavy atom. The van der Waals surface area contributed by atoms with E-state index >= 15 is 0 Å². The van der Waals surface area contributed by atoms with Gasteiger partial charge in [0.15, 0.2) is 0 Å². The minimum absolute atomic E-state index is 0.187. The molecule has 0 spiro atoms. The lowest BCUT2D eigenvalue weighted by Gasteiger charge is -2.25. The van der Waals surface area contributed by atoms with Crippen LogP contribution in [0.1, 0.15) is 41.5 Å². The van der Waals surface area contributed by atoms with Gasteiger partial charge in [-0.3, -0.25) is 0 Å². The van der Waals surface area contributed by atoms with Gasteiger partial charge in [0.25, 0.3) is 0 Å². The predicted octanol–water partition coefficient (Wildman–Crippen LogP) is 2.75. The maximum Gasteiger partial charge on any atom is 0.249 e. The second-order valence-electron chi connectivity index (χ2n) is 5.80. The summed E-state index contributed by atoms with van der Waals surface area (Å²) in [7, 11) is -0.843. The van der Waals surface area contributed by atoms with Crippen LogP contribution in [0.3, 0.4) is 0 Å². The van der Waals surface area contributed by atoms with E-state index in [1.807, 2.05) is 0 Å². The third-order valence-electron chi connectivity index (χ3n) is 2.37. The Morgan fingerprint density at radius 2 is 1.14 bits per heavy atom. The van der Waals surface area contributed by atoms with Gasteiger partial charge in [0.1, 0.15) is 0 Å². The maximum absolute atomic E-state index is 4.32. The van der Waals surface area contributed by atoms with Crippen LogP contribution in [0.4, 0.5) is 0 Å². The van der Waals surface area contributed by atoms with Crippen molar-refractivity contribution in [1.29, 1.82) is 0 Å². The van der Waals surface area contributed by atoms with Gasteiger partial charge in [-0.2, -0.15) is 0 Å². The van der Waals surface area contributed by atoms with Crippen LogP contribution < -0.4 is 0 Å². The van der Waals surface area contributed by atoms with E-state index in [0.29, 0.717) is 0 Å². The van der Waals surface area contributed by atoms with E-state index in [0.717, 1.165) is 0 Å². The number of nitrogens with zero attached hydrogens (tertiary/aromatic N) is 2. The molecule has 0 atom stereocenters. The van der Waals surface area contributed by atoms with Crippen molar-refractivity contribution in [3.05, 3.63) is 18.6 Å². The van der Waals surface area contributed by atoms with Crippen molar-refractivity contribution in [1.82, 2.24) is 8.44 Å². The summed E-state index contributed by atoms with van der Waals surface area (Å²) < 4.78 is 4.78. The zero-order valence-electron chi connectivity index (χ0n) is 10.3. The van der Waals surface area contributed by atoms with Gasteiger partial charge in [0, 0.05) is 23.5 Å². The fourth-order valence-corrected chi connectivity index (χ4v) is 3.90. The van der Waals surface area contributed by atoms with E-state index in [1.165, 1.54) is 0 Å². The van der Waals surface area contributed by atoms with E-state index in [2.05, 4.69) is 68.6 Å². The maximum atomic E-state index is 4.32. The zero-order chi connectivity index (χ0) is 11.1. The zero-order valence-corrected chi connectivity index (χ0v) is 11.3. The fourth-order valence-electron chi connectivity index (χ4n) is 1.64. The molecule has 0 N–H and O–H groups in total. The molecule has 14 heavy (non-hydrogen) atoms. The van der Waals surface area contributed by atoms with E-state index in [9.17, 15) is 0 Å². The molecule has 1 heterocycles. The summed E-state index contributed by atoms with van der Waals surface area (Å²) in [5.41, 5.74) is 0.374. The molecule has 2 nitrogen and oxygen atoms in total.